The summed E-state index contributed by atoms with van der Waals surface area (Å²) in [5.41, 5.74) is 1.98. The van der Waals surface area contributed by atoms with Crippen LogP contribution < -0.4 is 5.56 Å². The number of aromatic nitrogens is 3. The summed E-state index contributed by atoms with van der Waals surface area (Å²) in [6.45, 7) is 3.96. The third-order valence-electron chi connectivity index (χ3n) is 5.18. The summed E-state index contributed by atoms with van der Waals surface area (Å²) in [6, 6.07) is 16.9. The van der Waals surface area contributed by atoms with E-state index in [1.54, 1.807) is 61.5 Å². The zero-order chi connectivity index (χ0) is 23.5. The molecule has 1 atom stereocenters. The molecule has 2 aromatic carbocycles. The van der Waals surface area contributed by atoms with Crippen LogP contribution in [0.5, 0.6) is 0 Å². The molecule has 0 saturated carbocycles. The fourth-order valence-electron chi connectivity index (χ4n) is 3.49. The Bertz CT molecular complexity index is 1370. The lowest BCUT2D eigenvalue weighted by atomic mass is 10.2. The van der Waals surface area contributed by atoms with Gasteiger partial charge in [-0.05, 0) is 55.3 Å². The van der Waals surface area contributed by atoms with Gasteiger partial charge in [0.25, 0.3) is 5.56 Å². The number of pyridine rings is 1. The van der Waals surface area contributed by atoms with Gasteiger partial charge in [0.1, 0.15) is 11.6 Å². The van der Waals surface area contributed by atoms with Crippen LogP contribution in [0.3, 0.4) is 0 Å². The molecule has 33 heavy (non-hydrogen) atoms. The number of carbonyl (C=O) groups excluding carboxylic acids is 1. The molecule has 0 fully saturated rings. The maximum absolute atomic E-state index is 13.5. The van der Waals surface area contributed by atoms with Gasteiger partial charge in [-0.15, -0.1) is 0 Å². The Balaban J connectivity index is 1.67. The fraction of sp³-hybridized carbons (Fsp3) is 0.200. The number of aryl methyl sites for hydroxylation is 1. The normalized spacial score (nSPS) is 12.0. The molecule has 0 spiro atoms. The summed E-state index contributed by atoms with van der Waals surface area (Å²) in [6.07, 6.45) is 1.69. The van der Waals surface area contributed by atoms with Crippen molar-refractivity contribution in [3.8, 4) is 5.82 Å². The van der Waals surface area contributed by atoms with E-state index in [0.29, 0.717) is 27.4 Å². The van der Waals surface area contributed by atoms with Gasteiger partial charge in [-0.2, -0.15) is 0 Å². The Morgan fingerprint density at radius 1 is 1.15 bits per heavy atom. The summed E-state index contributed by atoms with van der Waals surface area (Å²) in [7, 11) is 1.67. The number of carbonyl (C=O) groups is 1. The van der Waals surface area contributed by atoms with E-state index < -0.39 is 5.25 Å². The molecule has 1 amide bonds. The van der Waals surface area contributed by atoms with Gasteiger partial charge in [0.2, 0.25) is 5.91 Å². The zero-order valence-corrected chi connectivity index (χ0v) is 19.3. The Morgan fingerprint density at radius 2 is 1.94 bits per heavy atom. The van der Waals surface area contributed by atoms with Crippen LogP contribution in [0.25, 0.3) is 16.7 Å². The second-order valence-electron chi connectivity index (χ2n) is 7.83. The van der Waals surface area contributed by atoms with Gasteiger partial charge in [-0.3, -0.25) is 9.59 Å². The molecule has 4 rings (SSSR count). The van der Waals surface area contributed by atoms with Crippen molar-refractivity contribution in [2.45, 2.75) is 30.8 Å². The number of benzene rings is 2. The number of rotatable bonds is 6. The molecule has 8 heteroatoms. The second-order valence-corrected chi connectivity index (χ2v) is 9.14. The highest BCUT2D eigenvalue weighted by Crippen LogP contribution is 2.26. The fourth-order valence-corrected chi connectivity index (χ4v) is 4.52. The standard InChI is InChI=1S/C25H23FN4O2S/c1-16-11-12-22(27-14-16)30-24(32)20-9-4-5-10-21(20)28-25(30)33-17(2)23(31)29(3)15-18-7-6-8-19(26)13-18/h4-14,17H,15H2,1-3H3. The number of thioether (sulfide) groups is 1. The first-order chi connectivity index (χ1) is 15.8. The van der Waals surface area contributed by atoms with Crippen LogP contribution in [0.1, 0.15) is 18.1 Å². The van der Waals surface area contributed by atoms with Crippen LogP contribution in [0, 0.1) is 12.7 Å². The Kier molecular flexibility index (Phi) is 6.55. The van der Waals surface area contributed by atoms with Crippen molar-refractivity contribution in [3.05, 3.63) is 94.2 Å². The lowest BCUT2D eigenvalue weighted by Gasteiger charge is -2.22. The van der Waals surface area contributed by atoms with Gasteiger partial charge in [0, 0.05) is 19.8 Å². The molecular formula is C25H23FN4O2S. The molecule has 2 aromatic heterocycles. The molecule has 0 bridgehead atoms. The van der Waals surface area contributed by atoms with Crippen molar-refractivity contribution < 1.29 is 9.18 Å². The van der Waals surface area contributed by atoms with Crippen molar-refractivity contribution >= 4 is 28.6 Å². The van der Waals surface area contributed by atoms with Crippen LogP contribution in [-0.4, -0.2) is 37.6 Å². The Hall–Kier alpha value is -3.52. The van der Waals surface area contributed by atoms with Gasteiger partial charge in [-0.25, -0.2) is 18.9 Å². The van der Waals surface area contributed by atoms with Crippen LogP contribution in [-0.2, 0) is 11.3 Å². The zero-order valence-electron chi connectivity index (χ0n) is 18.5. The third-order valence-corrected chi connectivity index (χ3v) is 6.22. The molecule has 0 aliphatic carbocycles. The lowest BCUT2D eigenvalue weighted by Crippen LogP contribution is -2.33. The summed E-state index contributed by atoms with van der Waals surface area (Å²) >= 11 is 1.19. The van der Waals surface area contributed by atoms with Crippen molar-refractivity contribution in [1.29, 1.82) is 0 Å². The predicted molar refractivity (Wildman–Crippen MR) is 128 cm³/mol. The third kappa shape index (κ3) is 4.96. The van der Waals surface area contributed by atoms with Gasteiger partial charge in [0.05, 0.1) is 16.2 Å². The maximum Gasteiger partial charge on any atom is 0.267 e. The highest BCUT2D eigenvalue weighted by molar-refractivity contribution is 8.00. The molecular weight excluding hydrogens is 439 g/mol. The first-order valence-corrected chi connectivity index (χ1v) is 11.3. The minimum atomic E-state index is -0.534. The molecule has 0 N–H and O–H groups in total. The molecule has 1 unspecified atom stereocenters. The van der Waals surface area contributed by atoms with Crippen LogP contribution in [0.15, 0.2) is 76.8 Å². The molecule has 4 aromatic rings. The number of hydrogen-bond acceptors (Lipinski definition) is 5. The largest absolute Gasteiger partial charge is 0.340 e. The molecule has 0 saturated heterocycles. The van der Waals surface area contributed by atoms with Crippen LogP contribution in [0.4, 0.5) is 4.39 Å². The summed E-state index contributed by atoms with van der Waals surface area (Å²) in [5, 5.41) is 0.329. The van der Waals surface area contributed by atoms with Crippen molar-refractivity contribution in [1.82, 2.24) is 19.4 Å². The SMILES string of the molecule is Cc1ccc(-n2c(SC(C)C(=O)N(C)Cc3cccc(F)c3)nc3ccccc3c2=O)nc1. The first-order valence-electron chi connectivity index (χ1n) is 10.4. The smallest absolute Gasteiger partial charge is 0.267 e. The van der Waals surface area contributed by atoms with Gasteiger partial charge in [0.15, 0.2) is 5.16 Å². The van der Waals surface area contributed by atoms with Gasteiger partial charge >= 0.3 is 0 Å². The van der Waals surface area contributed by atoms with Crippen LogP contribution >= 0.6 is 11.8 Å². The molecule has 2 heterocycles. The summed E-state index contributed by atoms with van der Waals surface area (Å²) in [5.74, 6) is -0.0556. The van der Waals surface area contributed by atoms with E-state index in [0.717, 1.165) is 5.56 Å². The van der Waals surface area contributed by atoms with Crippen molar-refractivity contribution in [2.75, 3.05) is 7.05 Å². The topological polar surface area (TPSA) is 68.1 Å². The van der Waals surface area contributed by atoms with E-state index in [-0.39, 0.29) is 23.8 Å². The summed E-state index contributed by atoms with van der Waals surface area (Å²) in [4.78, 5) is 37.0. The predicted octanol–water partition coefficient (Wildman–Crippen LogP) is 4.37. The first kappa shape index (κ1) is 22.7. The van der Waals surface area contributed by atoms with E-state index in [2.05, 4.69) is 9.97 Å². The van der Waals surface area contributed by atoms with Crippen molar-refractivity contribution in [3.63, 3.8) is 0 Å². The lowest BCUT2D eigenvalue weighted by molar-refractivity contribution is -0.129. The highest BCUT2D eigenvalue weighted by Gasteiger charge is 2.23. The Labute approximate surface area is 195 Å². The number of fused-ring (bicyclic) bond motifs is 1. The number of hydrogen-bond donors (Lipinski definition) is 0. The number of para-hydroxylation sites is 1. The number of nitrogens with zero attached hydrogens (tertiary/aromatic N) is 4. The quantitative estimate of drug-likeness (QED) is 0.314. The van der Waals surface area contributed by atoms with E-state index >= 15 is 0 Å². The Morgan fingerprint density at radius 3 is 2.67 bits per heavy atom. The van der Waals surface area contributed by atoms with E-state index in [9.17, 15) is 14.0 Å². The van der Waals surface area contributed by atoms with Crippen LogP contribution in [0.2, 0.25) is 0 Å². The highest BCUT2D eigenvalue weighted by atomic mass is 32.2. The van der Waals surface area contributed by atoms with E-state index in [4.69, 9.17) is 0 Å². The minimum absolute atomic E-state index is 0.157. The van der Waals surface area contributed by atoms with Crippen molar-refractivity contribution in [2.24, 2.45) is 0 Å². The average molecular weight is 463 g/mol. The number of amides is 1. The molecule has 168 valence electrons. The second kappa shape index (κ2) is 9.54. The average Bonchev–Trinajstić information content (AvgIpc) is 2.79. The minimum Gasteiger partial charge on any atom is -0.340 e. The maximum atomic E-state index is 13.5. The molecule has 6 nitrogen and oxygen atoms in total. The van der Waals surface area contributed by atoms with E-state index in [1.807, 2.05) is 19.1 Å². The monoisotopic (exact) mass is 462 g/mol. The van der Waals surface area contributed by atoms with Gasteiger partial charge < -0.3 is 4.90 Å². The molecule has 0 radical (unpaired) electrons. The number of halogens is 1. The van der Waals surface area contributed by atoms with Gasteiger partial charge in [-0.1, -0.05) is 42.1 Å². The molecule has 0 aliphatic heterocycles. The molecule has 0 aliphatic rings. The van der Waals surface area contributed by atoms with E-state index in [1.165, 1.54) is 28.5 Å². The summed E-state index contributed by atoms with van der Waals surface area (Å²) < 4.78 is 15.0.